The number of nitrogens with one attached hydrogen (secondary N) is 3. The van der Waals surface area contributed by atoms with Crippen molar-refractivity contribution < 1.29 is 9.53 Å². The highest BCUT2D eigenvalue weighted by molar-refractivity contribution is 6.30. The van der Waals surface area contributed by atoms with Crippen molar-refractivity contribution in [3.63, 3.8) is 0 Å². The third-order valence-corrected chi connectivity index (χ3v) is 7.11. The molecule has 1 fully saturated rings. The van der Waals surface area contributed by atoms with Gasteiger partial charge in [-0.1, -0.05) is 29.8 Å². The lowest BCUT2D eigenvalue weighted by atomic mass is 10.0. The van der Waals surface area contributed by atoms with Crippen molar-refractivity contribution in [2.24, 2.45) is 0 Å². The van der Waals surface area contributed by atoms with Crippen LogP contribution in [0.25, 0.3) is 33.1 Å². The fourth-order valence-corrected chi connectivity index (χ4v) is 5.17. The molecule has 0 aliphatic carbocycles. The number of hydrogen-bond donors (Lipinski definition) is 3. The SMILES string of the molecule is CNC(=O)c1cnc2[nH]cc(-c3ccc4ncc(NCc5cccc(Cl)c5)c(N5CCOCC5)c4c3)c2c1. The zero-order chi connectivity index (χ0) is 26.1. The summed E-state index contributed by atoms with van der Waals surface area (Å²) in [5.41, 5.74) is 7.31. The first kappa shape index (κ1) is 24.2. The molecule has 0 radical (unpaired) electrons. The summed E-state index contributed by atoms with van der Waals surface area (Å²) < 4.78 is 5.65. The number of nitrogens with zero attached hydrogens (tertiary/aromatic N) is 3. The van der Waals surface area contributed by atoms with E-state index in [9.17, 15) is 4.79 Å². The third kappa shape index (κ3) is 4.64. The van der Waals surface area contributed by atoms with E-state index in [4.69, 9.17) is 21.3 Å². The summed E-state index contributed by atoms with van der Waals surface area (Å²) >= 11 is 6.21. The minimum Gasteiger partial charge on any atom is -0.378 e. The number of rotatable bonds is 6. The van der Waals surface area contributed by atoms with E-state index in [1.807, 2.05) is 42.7 Å². The topological polar surface area (TPSA) is 95.2 Å². The van der Waals surface area contributed by atoms with E-state index in [1.165, 1.54) is 0 Å². The Labute approximate surface area is 225 Å². The number of ether oxygens (including phenoxy) is 1. The van der Waals surface area contributed by atoms with Gasteiger partial charge < -0.3 is 25.3 Å². The van der Waals surface area contributed by atoms with Crippen LogP contribution in [0.15, 0.2) is 67.1 Å². The second-order valence-corrected chi connectivity index (χ2v) is 9.67. The van der Waals surface area contributed by atoms with Gasteiger partial charge in [-0.05, 0) is 41.5 Å². The highest BCUT2D eigenvalue weighted by atomic mass is 35.5. The number of benzene rings is 2. The molecule has 4 heterocycles. The van der Waals surface area contributed by atoms with Gasteiger partial charge >= 0.3 is 0 Å². The van der Waals surface area contributed by atoms with Gasteiger partial charge in [-0.3, -0.25) is 9.78 Å². The highest BCUT2D eigenvalue weighted by Gasteiger charge is 2.20. The van der Waals surface area contributed by atoms with Crippen molar-refractivity contribution in [2.75, 3.05) is 43.6 Å². The lowest BCUT2D eigenvalue weighted by Crippen LogP contribution is -2.36. The summed E-state index contributed by atoms with van der Waals surface area (Å²) in [7, 11) is 1.62. The van der Waals surface area contributed by atoms with Crippen LogP contribution in [-0.2, 0) is 11.3 Å². The normalized spacial score (nSPS) is 13.7. The molecular formula is C29H27ClN6O2. The summed E-state index contributed by atoms with van der Waals surface area (Å²) in [6, 6.07) is 16.0. The number of H-pyrrole nitrogens is 1. The van der Waals surface area contributed by atoms with Crippen LogP contribution in [0.2, 0.25) is 5.02 Å². The summed E-state index contributed by atoms with van der Waals surface area (Å²) in [4.78, 5) is 27.1. The van der Waals surface area contributed by atoms with Crippen LogP contribution in [0.1, 0.15) is 15.9 Å². The van der Waals surface area contributed by atoms with Gasteiger partial charge in [-0.15, -0.1) is 0 Å². The molecule has 2 aromatic carbocycles. The maximum Gasteiger partial charge on any atom is 0.252 e. The number of pyridine rings is 2. The van der Waals surface area contributed by atoms with Crippen molar-refractivity contribution in [1.29, 1.82) is 0 Å². The second kappa shape index (κ2) is 10.3. The molecule has 0 spiro atoms. The molecule has 1 amide bonds. The Kier molecular flexibility index (Phi) is 6.57. The average molecular weight is 527 g/mol. The number of carbonyl (C=O) groups is 1. The monoisotopic (exact) mass is 526 g/mol. The third-order valence-electron chi connectivity index (χ3n) is 6.87. The van der Waals surface area contributed by atoms with Crippen molar-refractivity contribution in [1.82, 2.24) is 20.3 Å². The summed E-state index contributed by atoms with van der Waals surface area (Å²) in [5.74, 6) is -0.167. The molecule has 0 saturated carbocycles. The Hall–Kier alpha value is -4.14. The van der Waals surface area contributed by atoms with Crippen LogP contribution in [0, 0.1) is 0 Å². The van der Waals surface area contributed by atoms with Crippen LogP contribution in [-0.4, -0.2) is 54.2 Å². The van der Waals surface area contributed by atoms with Gasteiger partial charge in [-0.2, -0.15) is 0 Å². The van der Waals surface area contributed by atoms with Gasteiger partial charge in [0.15, 0.2) is 0 Å². The van der Waals surface area contributed by atoms with Gasteiger partial charge in [0.2, 0.25) is 0 Å². The Balaban J connectivity index is 1.45. The van der Waals surface area contributed by atoms with Crippen molar-refractivity contribution in [3.05, 3.63) is 83.3 Å². The number of amides is 1. The standard InChI is InChI=1S/C29H27ClN6O2/c1-31-29(37)20-13-22-24(16-35-28(22)34-15-20)19-5-6-25-23(12-19)27(36-7-9-38-10-8-36)26(17-33-25)32-14-18-3-2-4-21(30)11-18/h2-6,11-13,15-17,32H,7-10,14H2,1H3,(H,31,37)(H,34,35). The summed E-state index contributed by atoms with van der Waals surface area (Å²) in [6.07, 6.45) is 5.43. The molecule has 8 nitrogen and oxygen atoms in total. The molecule has 1 aliphatic rings. The first-order chi connectivity index (χ1) is 18.6. The minimum atomic E-state index is -0.167. The molecule has 3 N–H and O–H groups in total. The van der Waals surface area contributed by atoms with Crippen molar-refractivity contribution in [2.45, 2.75) is 6.54 Å². The zero-order valence-corrected chi connectivity index (χ0v) is 21.7. The van der Waals surface area contributed by atoms with E-state index in [0.29, 0.717) is 30.3 Å². The quantitative estimate of drug-likeness (QED) is 0.280. The largest absolute Gasteiger partial charge is 0.378 e. The maximum atomic E-state index is 12.2. The van der Waals surface area contributed by atoms with E-state index < -0.39 is 0 Å². The van der Waals surface area contributed by atoms with Crippen molar-refractivity contribution in [3.8, 4) is 11.1 Å². The molecule has 5 aromatic rings. The molecule has 38 heavy (non-hydrogen) atoms. The van der Waals surface area contributed by atoms with Gasteiger partial charge in [0, 0.05) is 60.4 Å². The second-order valence-electron chi connectivity index (χ2n) is 9.24. The fourth-order valence-electron chi connectivity index (χ4n) is 4.96. The van der Waals surface area contributed by atoms with Gasteiger partial charge in [0.05, 0.1) is 41.9 Å². The zero-order valence-electron chi connectivity index (χ0n) is 20.9. The van der Waals surface area contributed by atoms with E-state index in [0.717, 1.165) is 63.1 Å². The highest BCUT2D eigenvalue weighted by Crippen LogP contribution is 2.38. The van der Waals surface area contributed by atoms with Crippen LogP contribution < -0.4 is 15.5 Å². The van der Waals surface area contributed by atoms with Gasteiger partial charge in [-0.25, -0.2) is 4.98 Å². The molecule has 9 heteroatoms. The number of anilines is 2. The molecular weight excluding hydrogens is 500 g/mol. The van der Waals surface area contributed by atoms with E-state index >= 15 is 0 Å². The summed E-state index contributed by atoms with van der Waals surface area (Å²) in [6.45, 7) is 3.56. The first-order valence-corrected chi connectivity index (χ1v) is 12.9. The number of hydrogen-bond acceptors (Lipinski definition) is 6. The minimum absolute atomic E-state index is 0.167. The van der Waals surface area contributed by atoms with Crippen LogP contribution in [0.5, 0.6) is 0 Å². The molecule has 1 saturated heterocycles. The Morgan fingerprint density at radius 1 is 1.08 bits per heavy atom. The molecule has 1 aliphatic heterocycles. The maximum absolute atomic E-state index is 12.2. The average Bonchev–Trinajstić information content (AvgIpc) is 3.39. The van der Waals surface area contributed by atoms with Gasteiger partial charge in [0.25, 0.3) is 5.91 Å². The van der Waals surface area contributed by atoms with E-state index in [-0.39, 0.29) is 5.91 Å². The predicted molar refractivity (Wildman–Crippen MR) is 152 cm³/mol. The smallest absolute Gasteiger partial charge is 0.252 e. The van der Waals surface area contributed by atoms with E-state index in [2.05, 4.69) is 43.7 Å². The lowest BCUT2D eigenvalue weighted by molar-refractivity contribution is 0.0963. The summed E-state index contributed by atoms with van der Waals surface area (Å²) in [5, 5.41) is 8.91. The van der Waals surface area contributed by atoms with Crippen molar-refractivity contribution >= 4 is 50.8 Å². The van der Waals surface area contributed by atoms with Crippen LogP contribution in [0.3, 0.4) is 0 Å². The number of fused-ring (bicyclic) bond motifs is 2. The predicted octanol–water partition coefficient (Wildman–Crippen LogP) is 5.24. The van der Waals surface area contributed by atoms with Crippen LogP contribution in [0.4, 0.5) is 11.4 Å². The number of aromatic nitrogens is 3. The first-order valence-electron chi connectivity index (χ1n) is 12.5. The fraction of sp³-hybridized carbons (Fsp3) is 0.207. The molecule has 0 bridgehead atoms. The van der Waals surface area contributed by atoms with Gasteiger partial charge in [0.1, 0.15) is 5.65 Å². The Bertz CT molecular complexity index is 1640. The van der Waals surface area contributed by atoms with E-state index in [1.54, 1.807) is 13.2 Å². The van der Waals surface area contributed by atoms with Crippen LogP contribution >= 0.6 is 11.6 Å². The number of halogens is 1. The number of carbonyl (C=O) groups excluding carboxylic acids is 1. The molecule has 0 unspecified atom stereocenters. The molecule has 192 valence electrons. The number of morpholine rings is 1. The molecule has 3 aromatic heterocycles. The molecule has 6 rings (SSSR count). The number of aromatic amines is 1. The molecule has 0 atom stereocenters. The lowest BCUT2D eigenvalue weighted by Gasteiger charge is -2.31. The Morgan fingerprint density at radius 3 is 2.76 bits per heavy atom. The Morgan fingerprint density at radius 2 is 1.95 bits per heavy atom.